The van der Waals surface area contributed by atoms with E-state index in [0.29, 0.717) is 11.1 Å². The molecular formula is C38H35F2N13O9P2. The molecule has 2 amide bonds. The predicted molar refractivity (Wildman–Crippen MR) is 221 cm³/mol. The zero-order chi connectivity index (χ0) is 44.8. The maximum atomic E-state index is 16.7. The highest BCUT2D eigenvalue weighted by molar-refractivity contribution is 7.51. The Morgan fingerprint density at radius 2 is 1.36 bits per heavy atom. The zero-order valence-corrected chi connectivity index (χ0v) is 34.8. The van der Waals surface area contributed by atoms with E-state index in [-0.39, 0.29) is 46.9 Å². The van der Waals surface area contributed by atoms with Crippen molar-refractivity contribution in [1.29, 1.82) is 5.26 Å². The van der Waals surface area contributed by atoms with Crippen LogP contribution in [0.25, 0.3) is 22.3 Å². The highest BCUT2D eigenvalue weighted by Gasteiger charge is 2.52. The van der Waals surface area contributed by atoms with Gasteiger partial charge in [0.25, 0.3) is 11.8 Å². The Bertz CT molecular complexity index is 2750. The average Bonchev–Trinajstić information content (AvgIpc) is 4.08. The van der Waals surface area contributed by atoms with Crippen molar-refractivity contribution in [2.45, 2.75) is 55.6 Å². The Balaban J connectivity index is 1.01. The lowest BCUT2D eigenvalue weighted by Crippen LogP contribution is -2.39. The van der Waals surface area contributed by atoms with Crippen LogP contribution in [-0.4, -0.2) is 114 Å². The summed E-state index contributed by atoms with van der Waals surface area (Å²) in [6.45, 7) is 2.24. The zero-order valence-electron chi connectivity index (χ0n) is 33.0. The highest BCUT2D eigenvalue weighted by atomic mass is 31.2. The summed E-state index contributed by atoms with van der Waals surface area (Å²) in [6.07, 6.45) is -8.50. The maximum Gasteiger partial charge on any atom is 0.406 e. The van der Waals surface area contributed by atoms with Crippen molar-refractivity contribution in [3.63, 3.8) is 0 Å². The Kier molecular flexibility index (Phi) is 13.5. The van der Waals surface area contributed by atoms with Crippen LogP contribution in [0.5, 0.6) is 0 Å². The van der Waals surface area contributed by atoms with Crippen molar-refractivity contribution >= 4 is 68.9 Å². The van der Waals surface area contributed by atoms with Crippen molar-refractivity contribution in [3.8, 4) is 6.07 Å². The van der Waals surface area contributed by atoms with Gasteiger partial charge >= 0.3 is 16.4 Å². The van der Waals surface area contributed by atoms with Gasteiger partial charge in [0, 0.05) is 17.7 Å². The number of nitrogens with zero attached hydrogens (tertiary/aromatic N) is 10. The third kappa shape index (κ3) is 9.15. The van der Waals surface area contributed by atoms with Crippen molar-refractivity contribution < 1.29 is 50.5 Å². The first-order valence-corrected chi connectivity index (χ1v) is 21.5. The van der Waals surface area contributed by atoms with Crippen LogP contribution >= 0.6 is 16.4 Å². The van der Waals surface area contributed by atoms with Crippen LogP contribution in [-0.2, 0) is 32.2 Å². The van der Waals surface area contributed by atoms with Gasteiger partial charge in [0.1, 0.15) is 37.1 Å². The van der Waals surface area contributed by atoms with Gasteiger partial charge in [-0.3, -0.25) is 37.3 Å². The molecule has 2 aromatic carbocycles. The first-order chi connectivity index (χ1) is 31.1. The van der Waals surface area contributed by atoms with Crippen molar-refractivity contribution in [3.05, 3.63) is 97.1 Å². The Labute approximate surface area is 362 Å². The van der Waals surface area contributed by atoms with E-state index in [2.05, 4.69) is 57.3 Å². The normalized spacial score (nSPS) is 24.1. The van der Waals surface area contributed by atoms with Crippen LogP contribution in [0.3, 0.4) is 0 Å². The molecule has 0 spiro atoms. The number of fused-ring (bicyclic) bond motifs is 2. The summed E-state index contributed by atoms with van der Waals surface area (Å²) in [7, 11) is -5.60. The van der Waals surface area contributed by atoms with E-state index in [1.165, 1.54) is 21.8 Å². The average molecular weight is 918 g/mol. The van der Waals surface area contributed by atoms with E-state index in [9.17, 15) is 24.0 Å². The standard InChI is InChI=1S/C38H35F2N13O9P2/c1-42-15-23-30(26(40)38(59-23)53-20-48-28-32(44-18-46-34(28)53)51-36(55)22-11-6-3-7-12-22)62-64(57,58-14-8-13-41)49-16-24-29(61-63-56)25(39)37(60-24)52-19-47-27-31(43-17-45-33(27)52)50-35(54)21-9-4-2-5-10-21/h2-7,9-12,17-20,23-26,29-30,37-38H,1,8,14-16H2,(H,49,57)(H,43,45,50,54)(H,44,46,51,55)/t23-,24-,25-,26-,29-,30-,37-,38-,64?/m1/s1. The molecule has 2 aliphatic rings. The molecule has 3 N–H and O–H groups in total. The van der Waals surface area contributed by atoms with Crippen molar-refractivity contribution in [1.82, 2.24) is 44.1 Å². The molecule has 330 valence electrons. The third-order valence-electron chi connectivity index (χ3n) is 10.0. The molecule has 26 heteroatoms. The summed E-state index contributed by atoms with van der Waals surface area (Å²) in [5, 5.41) is 17.1. The third-order valence-corrected chi connectivity index (χ3v) is 12.0. The van der Waals surface area contributed by atoms with Crippen LogP contribution < -0.4 is 15.7 Å². The van der Waals surface area contributed by atoms with E-state index in [1.54, 1.807) is 60.7 Å². The molecule has 2 aliphatic heterocycles. The van der Waals surface area contributed by atoms with E-state index in [1.807, 2.05) is 6.07 Å². The number of rotatable bonds is 18. The topological polar surface area (TPSA) is 274 Å². The van der Waals surface area contributed by atoms with E-state index >= 15 is 8.78 Å². The molecule has 6 heterocycles. The van der Waals surface area contributed by atoms with Crippen LogP contribution in [0, 0.1) is 11.3 Å². The minimum atomic E-state index is -4.68. The number of halogens is 2. The second kappa shape index (κ2) is 19.5. The van der Waals surface area contributed by atoms with E-state index < -0.39 is 90.6 Å². The number of imidazole rings is 2. The van der Waals surface area contributed by atoms with Crippen LogP contribution in [0.2, 0.25) is 0 Å². The van der Waals surface area contributed by atoms with Crippen LogP contribution in [0.15, 0.2) is 91.0 Å². The van der Waals surface area contributed by atoms with Crippen molar-refractivity contribution in [2.24, 2.45) is 4.99 Å². The molecular weight excluding hydrogens is 882 g/mol. The van der Waals surface area contributed by atoms with Gasteiger partial charge in [-0.05, 0) is 31.0 Å². The minimum absolute atomic E-state index is 0.0311. The first kappa shape index (κ1) is 44.2. The number of ether oxygens (including phenoxy) is 2. The van der Waals surface area contributed by atoms with Gasteiger partial charge < -0.3 is 20.1 Å². The Morgan fingerprint density at radius 1 is 0.828 bits per heavy atom. The summed E-state index contributed by atoms with van der Waals surface area (Å²) in [5.41, 5.74) is 1.04. The number of nitriles is 1. The van der Waals surface area contributed by atoms with Gasteiger partial charge in [0.15, 0.2) is 58.8 Å². The van der Waals surface area contributed by atoms with Crippen molar-refractivity contribution in [2.75, 3.05) is 30.3 Å². The van der Waals surface area contributed by atoms with Gasteiger partial charge in [0.05, 0.1) is 38.3 Å². The number of anilines is 2. The number of amides is 2. The second-order valence-electron chi connectivity index (χ2n) is 14.0. The summed E-state index contributed by atoms with van der Waals surface area (Å²) >= 11 is 0. The van der Waals surface area contributed by atoms with Gasteiger partial charge in [-0.1, -0.05) is 36.4 Å². The largest absolute Gasteiger partial charge is 0.406 e. The second-order valence-corrected chi connectivity index (χ2v) is 16.1. The quantitative estimate of drug-likeness (QED) is 0.0584. The molecule has 6 aromatic rings. The smallest absolute Gasteiger partial charge is 0.347 e. The number of aliphatic imine (C=N–C) groups is 1. The summed E-state index contributed by atoms with van der Waals surface area (Å²) < 4.78 is 90.4. The molecule has 0 bridgehead atoms. The number of hydrogen-bond acceptors (Lipinski definition) is 17. The number of aromatic nitrogens is 8. The van der Waals surface area contributed by atoms with Crippen LogP contribution in [0.4, 0.5) is 20.4 Å². The monoisotopic (exact) mass is 917 g/mol. The minimum Gasteiger partial charge on any atom is -0.347 e. The molecule has 8 rings (SSSR count). The Morgan fingerprint density at radius 3 is 1.88 bits per heavy atom. The lowest BCUT2D eigenvalue weighted by Gasteiger charge is -2.27. The predicted octanol–water partition coefficient (Wildman–Crippen LogP) is 4.95. The fraction of sp³-hybridized carbons (Fsp3) is 0.316. The number of nitrogens with one attached hydrogen (secondary N) is 3. The first-order valence-electron chi connectivity index (χ1n) is 19.3. The molecule has 9 atom stereocenters. The molecule has 0 aliphatic carbocycles. The lowest BCUT2D eigenvalue weighted by molar-refractivity contribution is -0.0206. The number of hydrogen-bond donors (Lipinski definition) is 3. The van der Waals surface area contributed by atoms with Gasteiger partial charge in [-0.25, -0.2) is 52.9 Å². The fourth-order valence-electron chi connectivity index (χ4n) is 7.06. The highest BCUT2D eigenvalue weighted by Crippen LogP contribution is 2.50. The molecule has 2 saturated heterocycles. The molecule has 1 unspecified atom stereocenters. The molecule has 0 radical (unpaired) electrons. The molecule has 64 heavy (non-hydrogen) atoms. The number of benzene rings is 2. The van der Waals surface area contributed by atoms with E-state index in [0.717, 1.165) is 12.7 Å². The van der Waals surface area contributed by atoms with Gasteiger partial charge in [0.2, 0.25) is 0 Å². The van der Waals surface area contributed by atoms with Gasteiger partial charge in [-0.15, -0.1) is 0 Å². The fourth-order valence-corrected chi connectivity index (χ4v) is 8.95. The number of carbonyl (C=O) groups excluding carboxylic acids is 2. The molecule has 4 aromatic heterocycles. The van der Waals surface area contributed by atoms with Crippen LogP contribution in [0.1, 0.15) is 39.6 Å². The lowest BCUT2D eigenvalue weighted by atomic mass is 10.1. The molecule has 0 saturated carbocycles. The summed E-state index contributed by atoms with van der Waals surface area (Å²) in [5.74, 6) is -0.885. The number of carbonyl (C=O) groups is 2. The SMILES string of the molecule is C=NC[C@H]1O[C@@H](n2cnc3c(NC(=O)c4ccccc4)ncnc32)[C@H](F)[C@@H]1OP(=O)(NC[C@H]1O[C@@H](n2cnc3c(NC(=O)c4ccccc4)ncnc32)[C@H](F)[C@@H]1OP=O)OCCC#N. The molecule has 22 nitrogen and oxygen atoms in total. The maximum absolute atomic E-state index is 16.7. The Hall–Kier alpha value is -6.41. The van der Waals surface area contributed by atoms with Gasteiger partial charge in [-0.2, -0.15) is 5.26 Å². The number of alkyl halides is 2. The summed E-state index contributed by atoms with van der Waals surface area (Å²) in [4.78, 5) is 54.9. The molecule has 2 fully saturated rings. The van der Waals surface area contributed by atoms with E-state index in [4.69, 9.17) is 23.0 Å². The summed E-state index contributed by atoms with van der Waals surface area (Å²) in [6, 6.07) is 18.5.